The highest BCUT2D eigenvalue weighted by Crippen LogP contribution is 2.46. The van der Waals surface area contributed by atoms with Crippen molar-refractivity contribution in [3.8, 4) is 22.7 Å². The van der Waals surface area contributed by atoms with Gasteiger partial charge in [0.2, 0.25) is 0 Å². The molecule has 6 rings (SSSR count). The third-order valence-electron chi connectivity index (χ3n) is 6.76. The smallest absolute Gasteiger partial charge is 0.331 e. The number of halogens is 1. The summed E-state index contributed by atoms with van der Waals surface area (Å²) in [6, 6.07) is 21.6. The predicted octanol–water partition coefficient (Wildman–Crippen LogP) is 4.62. The maximum atomic E-state index is 14.3. The van der Waals surface area contributed by atoms with Gasteiger partial charge in [-0.1, -0.05) is 48.5 Å². The molecule has 1 atom stereocenters. The van der Waals surface area contributed by atoms with Gasteiger partial charge in [-0.2, -0.15) is 0 Å². The number of aryl methyl sites for hydroxylation is 2. The average molecular weight is 468 g/mol. The van der Waals surface area contributed by atoms with Crippen LogP contribution in [0.25, 0.3) is 27.8 Å². The van der Waals surface area contributed by atoms with Crippen molar-refractivity contribution in [2.75, 3.05) is 0 Å². The van der Waals surface area contributed by atoms with E-state index in [1.165, 1.54) is 23.7 Å². The number of rotatable bonds is 2. The summed E-state index contributed by atoms with van der Waals surface area (Å²) >= 11 is 0. The molecule has 7 heteroatoms. The minimum Gasteiger partial charge on any atom is -0.477 e. The molecule has 1 aliphatic rings. The molecule has 0 unspecified atom stereocenters. The lowest BCUT2D eigenvalue weighted by molar-refractivity contribution is 0.228. The van der Waals surface area contributed by atoms with Gasteiger partial charge in [-0.05, 0) is 36.8 Å². The van der Waals surface area contributed by atoms with E-state index in [-0.39, 0.29) is 0 Å². The maximum absolute atomic E-state index is 14.3. The van der Waals surface area contributed by atoms with Crippen LogP contribution in [0.1, 0.15) is 22.9 Å². The number of aromatic nitrogens is 3. The van der Waals surface area contributed by atoms with E-state index in [1.807, 2.05) is 60.0 Å². The quantitative estimate of drug-likeness (QED) is 0.381. The van der Waals surface area contributed by atoms with E-state index < -0.39 is 23.2 Å². The largest absolute Gasteiger partial charge is 0.477 e. The van der Waals surface area contributed by atoms with Gasteiger partial charge in [0.05, 0.1) is 28.0 Å². The fourth-order valence-corrected chi connectivity index (χ4v) is 5.10. The third kappa shape index (κ3) is 2.94. The van der Waals surface area contributed by atoms with E-state index in [9.17, 15) is 14.0 Å². The number of fused-ring (bicyclic) bond motifs is 5. The summed E-state index contributed by atoms with van der Waals surface area (Å²) in [6.07, 6.45) is -0.737. The zero-order valence-corrected chi connectivity index (χ0v) is 19.4. The van der Waals surface area contributed by atoms with Crippen molar-refractivity contribution in [2.45, 2.75) is 13.0 Å². The Hall–Kier alpha value is -4.39. The Morgan fingerprint density at radius 3 is 2.40 bits per heavy atom. The van der Waals surface area contributed by atoms with E-state index >= 15 is 0 Å². The summed E-state index contributed by atoms with van der Waals surface area (Å²) in [5.41, 5.74) is 4.12. The lowest BCUT2D eigenvalue weighted by Crippen LogP contribution is -2.37. The number of para-hydroxylation sites is 2. The monoisotopic (exact) mass is 467 g/mol. The SMILES string of the molecule is Cc1ccccc1-c1c2c(=O)n(C)c(=O)n(C)c2c2n1-c1ccccc1O[C@@H]2c1cccc(F)c1. The van der Waals surface area contributed by atoms with Crippen LogP contribution in [0, 0.1) is 12.7 Å². The number of ether oxygens (including phenoxy) is 1. The fraction of sp³-hybridized carbons (Fsp3) is 0.143. The van der Waals surface area contributed by atoms with Gasteiger partial charge in [0, 0.05) is 25.2 Å². The van der Waals surface area contributed by atoms with Crippen LogP contribution in [0.4, 0.5) is 4.39 Å². The predicted molar refractivity (Wildman–Crippen MR) is 133 cm³/mol. The topological polar surface area (TPSA) is 58.2 Å². The van der Waals surface area contributed by atoms with Crippen molar-refractivity contribution in [1.82, 2.24) is 13.7 Å². The molecule has 0 spiro atoms. The van der Waals surface area contributed by atoms with Crippen molar-refractivity contribution >= 4 is 10.9 Å². The van der Waals surface area contributed by atoms with Crippen molar-refractivity contribution in [1.29, 1.82) is 0 Å². The lowest BCUT2D eigenvalue weighted by Gasteiger charge is -2.30. The summed E-state index contributed by atoms with van der Waals surface area (Å²) in [5, 5.41) is 0.417. The zero-order valence-electron chi connectivity index (χ0n) is 19.4. The van der Waals surface area contributed by atoms with Crippen LogP contribution in [0.3, 0.4) is 0 Å². The van der Waals surface area contributed by atoms with Crippen molar-refractivity contribution in [3.63, 3.8) is 0 Å². The third-order valence-corrected chi connectivity index (χ3v) is 6.76. The van der Waals surface area contributed by atoms with E-state index in [0.717, 1.165) is 21.4 Å². The first kappa shape index (κ1) is 21.2. The van der Waals surface area contributed by atoms with E-state index in [1.54, 1.807) is 19.2 Å². The van der Waals surface area contributed by atoms with Gasteiger partial charge in [-0.25, -0.2) is 9.18 Å². The molecule has 0 bridgehead atoms. The summed E-state index contributed by atoms with van der Waals surface area (Å²) in [6.45, 7) is 1.99. The molecule has 3 aromatic carbocycles. The first-order chi connectivity index (χ1) is 16.9. The second kappa shape index (κ2) is 7.56. The first-order valence-electron chi connectivity index (χ1n) is 11.3. The van der Waals surface area contributed by atoms with Crippen LogP contribution in [0.5, 0.6) is 5.75 Å². The molecule has 2 aromatic heterocycles. The molecule has 0 amide bonds. The molecule has 3 heterocycles. The first-order valence-corrected chi connectivity index (χ1v) is 11.3. The van der Waals surface area contributed by atoms with Crippen LogP contribution in [-0.2, 0) is 14.1 Å². The molecule has 0 saturated heterocycles. The molecule has 1 aliphatic heterocycles. The molecular weight excluding hydrogens is 445 g/mol. The van der Waals surface area contributed by atoms with Gasteiger partial charge in [0.25, 0.3) is 5.56 Å². The minimum atomic E-state index is -0.737. The van der Waals surface area contributed by atoms with Crippen LogP contribution in [-0.4, -0.2) is 13.7 Å². The van der Waals surface area contributed by atoms with Crippen molar-refractivity contribution < 1.29 is 9.13 Å². The fourth-order valence-electron chi connectivity index (χ4n) is 5.10. The molecule has 0 N–H and O–H groups in total. The highest BCUT2D eigenvalue weighted by Gasteiger charge is 2.36. The van der Waals surface area contributed by atoms with Gasteiger partial charge in [-0.3, -0.25) is 13.9 Å². The molecule has 0 aliphatic carbocycles. The maximum Gasteiger partial charge on any atom is 0.331 e. The number of hydrogen-bond donors (Lipinski definition) is 0. The zero-order chi connectivity index (χ0) is 24.4. The molecule has 6 nitrogen and oxygen atoms in total. The number of hydrogen-bond acceptors (Lipinski definition) is 3. The molecule has 174 valence electrons. The van der Waals surface area contributed by atoms with Crippen molar-refractivity contribution in [2.24, 2.45) is 14.1 Å². The second-order valence-corrected chi connectivity index (χ2v) is 8.83. The van der Waals surface area contributed by atoms with Gasteiger partial charge in [0.1, 0.15) is 11.6 Å². The summed E-state index contributed by atoms with van der Waals surface area (Å²) < 4.78 is 25.4. The molecule has 0 fully saturated rings. The molecular formula is C28H22FN3O3. The highest BCUT2D eigenvalue weighted by atomic mass is 19.1. The van der Waals surface area contributed by atoms with Gasteiger partial charge < -0.3 is 9.30 Å². The van der Waals surface area contributed by atoms with Crippen LogP contribution in [0.15, 0.2) is 82.4 Å². The van der Waals surface area contributed by atoms with E-state index in [2.05, 4.69) is 0 Å². The summed E-state index contributed by atoms with van der Waals surface area (Å²) in [4.78, 5) is 26.7. The van der Waals surface area contributed by atoms with Gasteiger partial charge in [0.15, 0.2) is 6.10 Å². The van der Waals surface area contributed by atoms with Crippen molar-refractivity contribution in [3.05, 3.63) is 116 Å². The van der Waals surface area contributed by atoms with Crippen LogP contribution >= 0.6 is 0 Å². The number of benzene rings is 3. The normalized spacial score (nSPS) is 14.5. The summed E-state index contributed by atoms with van der Waals surface area (Å²) in [7, 11) is 3.13. The Bertz CT molecular complexity index is 1780. The average Bonchev–Trinajstić information content (AvgIpc) is 3.22. The Morgan fingerprint density at radius 2 is 1.63 bits per heavy atom. The Labute approximate surface area is 200 Å². The molecule has 5 aromatic rings. The van der Waals surface area contributed by atoms with E-state index in [0.29, 0.717) is 33.6 Å². The highest BCUT2D eigenvalue weighted by molar-refractivity contribution is 5.98. The van der Waals surface area contributed by atoms with E-state index in [4.69, 9.17) is 4.74 Å². The molecule has 0 saturated carbocycles. The Kier molecular flexibility index (Phi) is 4.57. The van der Waals surface area contributed by atoms with Gasteiger partial charge in [-0.15, -0.1) is 0 Å². The standard InChI is InChI=1S/C28H22FN3O3/c1-16-9-4-5-12-19(16)23-22-24(30(2)28(34)31(3)27(22)33)25-26(17-10-8-11-18(29)15-17)35-21-14-7-6-13-20(21)32(23)25/h4-15,26H,1-3H3/t26-/m1/s1. The Balaban J connectivity index is 1.89. The summed E-state index contributed by atoms with van der Waals surface area (Å²) in [5.74, 6) is 0.211. The minimum absolute atomic E-state index is 0.390. The molecule has 0 radical (unpaired) electrons. The lowest BCUT2D eigenvalue weighted by atomic mass is 10.0. The molecule has 35 heavy (non-hydrogen) atoms. The van der Waals surface area contributed by atoms with Crippen LogP contribution in [0.2, 0.25) is 0 Å². The number of nitrogens with zero attached hydrogens (tertiary/aromatic N) is 3. The van der Waals surface area contributed by atoms with Gasteiger partial charge >= 0.3 is 5.69 Å². The second-order valence-electron chi connectivity index (χ2n) is 8.83. The Morgan fingerprint density at radius 1 is 0.886 bits per heavy atom. The van der Waals surface area contributed by atoms with Crippen LogP contribution < -0.4 is 16.0 Å².